The first-order valence-corrected chi connectivity index (χ1v) is 5.78. The van der Waals surface area contributed by atoms with Crippen LogP contribution in [0.3, 0.4) is 0 Å². The van der Waals surface area contributed by atoms with Crippen LogP contribution >= 0.6 is 0 Å². The van der Waals surface area contributed by atoms with E-state index in [0.717, 1.165) is 25.1 Å². The smallest absolute Gasteiger partial charge is 0.339 e. The number of hydrogen-bond acceptors (Lipinski definition) is 4. The molecule has 18 heavy (non-hydrogen) atoms. The van der Waals surface area contributed by atoms with Crippen LogP contribution in [-0.2, 0) is 4.74 Å². The third-order valence-corrected chi connectivity index (χ3v) is 2.86. The molecule has 0 spiro atoms. The number of hydrogen-bond donors (Lipinski definition) is 1. The van der Waals surface area contributed by atoms with Crippen molar-refractivity contribution in [2.45, 2.75) is 18.9 Å². The van der Waals surface area contributed by atoms with Crippen LogP contribution in [0.2, 0.25) is 0 Å². The van der Waals surface area contributed by atoms with E-state index in [1.54, 1.807) is 7.11 Å². The molecule has 0 aromatic carbocycles. The van der Waals surface area contributed by atoms with E-state index >= 15 is 0 Å². The molecule has 1 N–H and O–H groups in total. The van der Waals surface area contributed by atoms with E-state index in [-0.39, 0.29) is 11.6 Å². The Balaban J connectivity index is 2.30. The molecule has 0 atom stereocenters. The second kappa shape index (κ2) is 5.30. The van der Waals surface area contributed by atoms with Gasteiger partial charge in [-0.2, -0.15) is 0 Å². The first-order chi connectivity index (χ1) is 8.63. The van der Waals surface area contributed by atoms with Gasteiger partial charge in [0, 0.05) is 19.7 Å². The Morgan fingerprint density at radius 1 is 1.67 bits per heavy atom. The van der Waals surface area contributed by atoms with Crippen LogP contribution < -0.4 is 4.90 Å². The van der Waals surface area contributed by atoms with Crippen LogP contribution in [0.4, 0.5) is 10.2 Å². The number of carboxylic acid groups (broad SMARTS) is 1. The molecule has 0 unspecified atom stereocenters. The molecule has 0 saturated heterocycles. The third kappa shape index (κ3) is 2.76. The number of nitrogens with zero attached hydrogens (tertiary/aromatic N) is 2. The molecule has 0 bridgehead atoms. The number of carboxylic acids is 1. The van der Waals surface area contributed by atoms with Crippen molar-refractivity contribution in [2.24, 2.45) is 0 Å². The van der Waals surface area contributed by atoms with Gasteiger partial charge in [0.15, 0.2) is 0 Å². The van der Waals surface area contributed by atoms with Crippen LogP contribution in [0.15, 0.2) is 12.3 Å². The number of carbonyl (C=O) groups is 1. The Morgan fingerprint density at radius 3 is 2.94 bits per heavy atom. The number of anilines is 1. The minimum absolute atomic E-state index is 0.0991. The molecule has 6 heteroatoms. The highest BCUT2D eigenvalue weighted by atomic mass is 19.1. The van der Waals surface area contributed by atoms with E-state index in [0.29, 0.717) is 19.0 Å². The van der Waals surface area contributed by atoms with Gasteiger partial charge in [-0.25, -0.2) is 14.2 Å². The molecule has 1 aliphatic carbocycles. The minimum Gasteiger partial charge on any atom is -0.478 e. The average molecular weight is 254 g/mol. The van der Waals surface area contributed by atoms with Crippen molar-refractivity contribution < 1.29 is 19.0 Å². The summed E-state index contributed by atoms with van der Waals surface area (Å²) in [5.41, 5.74) is -0.0991. The van der Waals surface area contributed by atoms with E-state index in [2.05, 4.69) is 4.98 Å². The van der Waals surface area contributed by atoms with Crippen molar-refractivity contribution in [1.29, 1.82) is 0 Å². The molecular weight excluding hydrogens is 239 g/mol. The second-order valence-corrected chi connectivity index (χ2v) is 4.25. The number of pyridine rings is 1. The predicted octanol–water partition coefficient (Wildman–Crippen LogP) is 1.53. The average Bonchev–Trinajstić information content (AvgIpc) is 3.15. The highest BCUT2D eigenvalue weighted by Gasteiger charge is 2.32. The van der Waals surface area contributed by atoms with Crippen LogP contribution in [0.5, 0.6) is 0 Å². The summed E-state index contributed by atoms with van der Waals surface area (Å²) in [6.45, 7) is 1.04. The van der Waals surface area contributed by atoms with Gasteiger partial charge in [-0.05, 0) is 18.9 Å². The van der Waals surface area contributed by atoms with Crippen LogP contribution in [0.1, 0.15) is 23.2 Å². The summed E-state index contributed by atoms with van der Waals surface area (Å²) in [5.74, 6) is -1.48. The Hall–Kier alpha value is -1.69. The molecular formula is C12H15FN2O3. The largest absolute Gasteiger partial charge is 0.478 e. The zero-order valence-corrected chi connectivity index (χ0v) is 10.1. The fraction of sp³-hybridized carbons (Fsp3) is 0.500. The van der Waals surface area contributed by atoms with E-state index in [1.807, 2.05) is 4.90 Å². The van der Waals surface area contributed by atoms with Gasteiger partial charge in [-0.15, -0.1) is 0 Å². The van der Waals surface area contributed by atoms with Gasteiger partial charge in [-0.1, -0.05) is 0 Å². The summed E-state index contributed by atoms with van der Waals surface area (Å²) in [4.78, 5) is 16.9. The third-order valence-electron chi connectivity index (χ3n) is 2.86. The summed E-state index contributed by atoms with van der Waals surface area (Å²) < 4.78 is 18.1. The Labute approximate surface area is 104 Å². The highest BCUT2D eigenvalue weighted by molar-refractivity contribution is 5.93. The summed E-state index contributed by atoms with van der Waals surface area (Å²) >= 11 is 0. The number of aromatic nitrogens is 1. The number of methoxy groups -OCH3 is 1. The van der Waals surface area contributed by atoms with E-state index in [1.165, 1.54) is 0 Å². The highest BCUT2D eigenvalue weighted by Crippen LogP contribution is 2.32. The molecule has 1 saturated carbocycles. The Morgan fingerprint density at radius 2 is 2.39 bits per heavy atom. The summed E-state index contributed by atoms with van der Waals surface area (Å²) in [6.07, 6.45) is 3.05. The summed E-state index contributed by atoms with van der Waals surface area (Å²) in [7, 11) is 1.58. The van der Waals surface area contributed by atoms with Gasteiger partial charge in [0.1, 0.15) is 17.2 Å². The summed E-state index contributed by atoms with van der Waals surface area (Å²) in [6, 6.07) is 1.29. The molecule has 1 heterocycles. The van der Waals surface area contributed by atoms with E-state index in [9.17, 15) is 9.18 Å². The van der Waals surface area contributed by atoms with E-state index < -0.39 is 11.8 Å². The number of halogens is 1. The Kier molecular flexibility index (Phi) is 3.76. The zero-order valence-electron chi connectivity index (χ0n) is 10.1. The van der Waals surface area contributed by atoms with Crippen molar-refractivity contribution in [3.63, 3.8) is 0 Å². The van der Waals surface area contributed by atoms with Crippen LogP contribution in [-0.4, -0.2) is 42.4 Å². The van der Waals surface area contributed by atoms with Gasteiger partial charge in [0.25, 0.3) is 0 Å². The summed E-state index contributed by atoms with van der Waals surface area (Å²) in [5, 5.41) is 9.10. The van der Waals surface area contributed by atoms with Gasteiger partial charge in [0.2, 0.25) is 0 Å². The molecule has 5 nitrogen and oxygen atoms in total. The van der Waals surface area contributed by atoms with Crippen molar-refractivity contribution in [1.82, 2.24) is 4.98 Å². The maximum atomic E-state index is 13.1. The van der Waals surface area contributed by atoms with Crippen LogP contribution in [0.25, 0.3) is 0 Å². The fourth-order valence-electron chi connectivity index (χ4n) is 1.86. The molecule has 1 aromatic heterocycles. The lowest BCUT2D eigenvalue weighted by Crippen LogP contribution is -2.31. The van der Waals surface area contributed by atoms with Crippen molar-refractivity contribution >= 4 is 11.8 Å². The lowest BCUT2D eigenvalue weighted by atomic mass is 10.2. The SMILES string of the molecule is COCCN(c1ncc(F)cc1C(=O)O)C1CC1. The number of aromatic carboxylic acids is 1. The monoisotopic (exact) mass is 254 g/mol. The molecule has 0 amide bonds. The Bertz CT molecular complexity index is 449. The lowest BCUT2D eigenvalue weighted by molar-refractivity contribution is 0.0696. The number of ether oxygens (including phenoxy) is 1. The maximum Gasteiger partial charge on any atom is 0.339 e. The normalized spacial score (nSPS) is 14.6. The van der Waals surface area contributed by atoms with Gasteiger partial charge in [0.05, 0.1) is 12.8 Å². The van der Waals surface area contributed by atoms with Crippen molar-refractivity contribution in [2.75, 3.05) is 25.2 Å². The van der Waals surface area contributed by atoms with Gasteiger partial charge >= 0.3 is 5.97 Å². The lowest BCUT2D eigenvalue weighted by Gasteiger charge is -2.24. The molecule has 0 aliphatic heterocycles. The molecule has 0 radical (unpaired) electrons. The quantitative estimate of drug-likeness (QED) is 0.834. The van der Waals surface area contributed by atoms with Gasteiger partial charge < -0.3 is 14.7 Å². The van der Waals surface area contributed by atoms with E-state index in [4.69, 9.17) is 9.84 Å². The fourth-order valence-corrected chi connectivity index (χ4v) is 1.86. The van der Waals surface area contributed by atoms with Crippen molar-refractivity contribution in [3.8, 4) is 0 Å². The first kappa shape index (κ1) is 12.8. The molecule has 2 rings (SSSR count). The molecule has 1 fully saturated rings. The maximum absolute atomic E-state index is 13.1. The topological polar surface area (TPSA) is 62.7 Å². The van der Waals surface area contributed by atoms with Crippen molar-refractivity contribution in [3.05, 3.63) is 23.6 Å². The molecule has 1 aliphatic rings. The zero-order chi connectivity index (χ0) is 13.1. The predicted molar refractivity (Wildman–Crippen MR) is 63.4 cm³/mol. The minimum atomic E-state index is -1.17. The number of rotatable bonds is 6. The molecule has 98 valence electrons. The first-order valence-electron chi connectivity index (χ1n) is 5.78. The van der Waals surface area contributed by atoms with Crippen LogP contribution in [0, 0.1) is 5.82 Å². The second-order valence-electron chi connectivity index (χ2n) is 4.25. The van der Waals surface area contributed by atoms with Gasteiger partial charge in [-0.3, -0.25) is 0 Å². The molecule has 1 aromatic rings. The standard InChI is InChI=1S/C12H15FN2O3/c1-18-5-4-15(9-2-3-9)11-10(12(16)17)6-8(13)7-14-11/h6-7,9H,2-5H2,1H3,(H,16,17).